The van der Waals surface area contributed by atoms with E-state index in [4.69, 9.17) is 9.47 Å². The van der Waals surface area contributed by atoms with Crippen molar-refractivity contribution in [1.82, 2.24) is 4.90 Å². The Balaban J connectivity index is 1.29. The van der Waals surface area contributed by atoms with Gasteiger partial charge in [-0.05, 0) is 43.0 Å². The molecule has 1 spiro atoms. The molecule has 2 amide bonds. The highest BCUT2D eigenvalue weighted by atomic mass is 16.7. The Kier molecular flexibility index (Phi) is 5.55. The molecule has 0 aliphatic carbocycles. The molecule has 1 N–H and O–H groups in total. The van der Waals surface area contributed by atoms with Crippen molar-refractivity contribution in [2.45, 2.75) is 38.4 Å². The first-order valence-electron chi connectivity index (χ1n) is 10.3. The van der Waals surface area contributed by atoms with Crippen LogP contribution in [0.15, 0.2) is 24.3 Å². The zero-order chi connectivity index (χ0) is 19.6. The minimum absolute atomic E-state index is 0.471. The van der Waals surface area contributed by atoms with Crippen LogP contribution in [-0.2, 0) is 19.1 Å². The third-order valence-electron chi connectivity index (χ3n) is 6.09. The van der Waals surface area contributed by atoms with Crippen LogP contribution in [0, 0.1) is 5.92 Å². The van der Waals surface area contributed by atoms with E-state index in [1.165, 1.54) is 12.8 Å². The van der Waals surface area contributed by atoms with Gasteiger partial charge in [-0.1, -0.05) is 6.92 Å². The molecule has 0 saturated carbocycles. The van der Waals surface area contributed by atoms with Crippen LogP contribution in [0.5, 0.6) is 0 Å². The van der Waals surface area contributed by atoms with E-state index in [1.54, 1.807) is 4.90 Å². The van der Waals surface area contributed by atoms with Gasteiger partial charge in [0.1, 0.15) is 0 Å². The predicted octanol–water partition coefficient (Wildman–Crippen LogP) is 2.23. The second kappa shape index (κ2) is 8.09. The number of carbonyl (C=O) groups excluding carboxylic acids is 2. The Hall–Kier alpha value is -2.12. The van der Waals surface area contributed by atoms with Gasteiger partial charge in [-0.15, -0.1) is 0 Å². The van der Waals surface area contributed by atoms with Crippen LogP contribution in [0.4, 0.5) is 11.4 Å². The minimum atomic E-state index is -0.594. The van der Waals surface area contributed by atoms with Gasteiger partial charge in [-0.3, -0.25) is 9.59 Å². The Morgan fingerprint density at radius 1 is 1.00 bits per heavy atom. The van der Waals surface area contributed by atoms with E-state index in [9.17, 15) is 9.59 Å². The summed E-state index contributed by atoms with van der Waals surface area (Å²) >= 11 is 0. The molecule has 0 unspecified atom stereocenters. The molecule has 1 aromatic rings. The molecule has 3 aliphatic rings. The molecule has 0 aromatic heterocycles. The van der Waals surface area contributed by atoms with Crippen molar-refractivity contribution in [1.29, 1.82) is 0 Å². The molecule has 0 atom stereocenters. The number of carbonyl (C=O) groups is 2. The van der Waals surface area contributed by atoms with E-state index in [0.717, 1.165) is 24.7 Å². The number of nitrogens with zero attached hydrogens (tertiary/aromatic N) is 2. The molecule has 3 heterocycles. The lowest BCUT2D eigenvalue weighted by Gasteiger charge is -2.37. The summed E-state index contributed by atoms with van der Waals surface area (Å²) in [5.74, 6) is -0.849. The van der Waals surface area contributed by atoms with Gasteiger partial charge in [0.05, 0.1) is 13.2 Å². The Bertz CT molecular complexity index is 697. The van der Waals surface area contributed by atoms with Crippen LogP contribution in [0.2, 0.25) is 0 Å². The quantitative estimate of drug-likeness (QED) is 0.788. The van der Waals surface area contributed by atoms with Crippen molar-refractivity contribution in [3.05, 3.63) is 24.3 Å². The summed E-state index contributed by atoms with van der Waals surface area (Å²) in [7, 11) is 0. The fourth-order valence-electron chi connectivity index (χ4n) is 4.19. The summed E-state index contributed by atoms with van der Waals surface area (Å²) in [5, 5.41) is 2.73. The molecule has 152 valence electrons. The molecular formula is C21H29N3O4. The fraction of sp³-hybridized carbons (Fsp3) is 0.619. The van der Waals surface area contributed by atoms with Crippen LogP contribution in [0.3, 0.4) is 0 Å². The normalized spacial score (nSPS) is 22.5. The van der Waals surface area contributed by atoms with Crippen molar-refractivity contribution in [3.63, 3.8) is 0 Å². The summed E-state index contributed by atoms with van der Waals surface area (Å²) in [6, 6.07) is 7.75. The molecule has 7 nitrogen and oxygen atoms in total. The van der Waals surface area contributed by atoms with E-state index >= 15 is 0 Å². The molecule has 4 rings (SSSR count). The van der Waals surface area contributed by atoms with Crippen molar-refractivity contribution >= 4 is 23.2 Å². The lowest BCUT2D eigenvalue weighted by Crippen LogP contribution is -2.50. The van der Waals surface area contributed by atoms with Crippen molar-refractivity contribution in [2.75, 3.05) is 49.6 Å². The van der Waals surface area contributed by atoms with Crippen LogP contribution in [0.1, 0.15) is 32.6 Å². The SMILES string of the molecule is CC1CCN(c2ccc(NC(=O)C(=O)N3CCC4(CC3)OCCO4)cc2)CC1. The standard InChI is InChI=1S/C21H29N3O4/c1-16-6-10-23(11-7-16)18-4-2-17(3-5-18)22-19(25)20(26)24-12-8-21(9-13-24)27-14-15-28-21/h2-5,16H,6-15H2,1H3,(H,22,25). The monoisotopic (exact) mass is 387 g/mol. The van der Waals surface area contributed by atoms with E-state index in [-0.39, 0.29) is 0 Å². The summed E-state index contributed by atoms with van der Waals surface area (Å²) < 4.78 is 11.3. The van der Waals surface area contributed by atoms with Gasteiger partial charge in [0.15, 0.2) is 5.79 Å². The van der Waals surface area contributed by atoms with Gasteiger partial charge in [0.25, 0.3) is 0 Å². The molecule has 7 heteroatoms. The number of benzene rings is 1. The first-order chi connectivity index (χ1) is 13.5. The average Bonchev–Trinajstić information content (AvgIpc) is 3.17. The summed E-state index contributed by atoms with van der Waals surface area (Å²) in [4.78, 5) is 28.8. The number of ether oxygens (including phenoxy) is 2. The van der Waals surface area contributed by atoms with E-state index in [0.29, 0.717) is 44.8 Å². The lowest BCUT2D eigenvalue weighted by molar-refractivity contribution is -0.187. The lowest BCUT2D eigenvalue weighted by atomic mass is 9.99. The van der Waals surface area contributed by atoms with Crippen molar-refractivity contribution in [2.24, 2.45) is 5.92 Å². The fourth-order valence-corrected chi connectivity index (χ4v) is 4.19. The van der Waals surface area contributed by atoms with Crippen LogP contribution < -0.4 is 10.2 Å². The second-order valence-corrected chi connectivity index (χ2v) is 8.07. The summed E-state index contributed by atoms with van der Waals surface area (Å²) in [6.07, 6.45) is 3.63. The van der Waals surface area contributed by atoms with E-state index in [2.05, 4.69) is 17.1 Å². The number of rotatable bonds is 2. The number of hydrogen-bond donors (Lipinski definition) is 1. The number of anilines is 2. The minimum Gasteiger partial charge on any atom is -0.372 e. The van der Waals surface area contributed by atoms with Gasteiger partial charge < -0.3 is 24.6 Å². The zero-order valence-electron chi connectivity index (χ0n) is 16.5. The van der Waals surface area contributed by atoms with Gasteiger partial charge >= 0.3 is 11.8 Å². The summed E-state index contributed by atoms with van der Waals surface area (Å²) in [5.41, 5.74) is 1.80. The van der Waals surface area contributed by atoms with E-state index < -0.39 is 17.6 Å². The number of nitrogens with one attached hydrogen (secondary N) is 1. The topological polar surface area (TPSA) is 71.1 Å². The largest absolute Gasteiger partial charge is 0.372 e. The first kappa shape index (κ1) is 19.2. The maximum absolute atomic E-state index is 12.5. The Morgan fingerprint density at radius 2 is 1.61 bits per heavy atom. The van der Waals surface area contributed by atoms with Crippen LogP contribution >= 0.6 is 0 Å². The highest BCUT2D eigenvalue weighted by Gasteiger charge is 2.41. The summed E-state index contributed by atoms with van der Waals surface area (Å²) in [6.45, 7) is 6.56. The van der Waals surface area contributed by atoms with Gasteiger partial charge in [-0.25, -0.2) is 0 Å². The van der Waals surface area contributed by atoms with Gasteiger partial charge in [0, 0.05) is 50.4 Å². The average molecular weight is 387 g/mol. The smallest absolute Gasteiger partial charge is 0.313 e. The van der Waals surface area contributed by atoms with Crippen LogP contribution in [-0.4, -0.2) is 61.9 Å². The highest BCUT2D eigenvalue weighted by Crippen LogP contribution is 2.31. The first-order valence-corrected chi connectivity index (χ1v) is 10.3. The second-order valence-electron chi connectivity index (χ2n) is 8.07. The van der Waals surface area contributed by atoms with Crippen molar-refractivity contribution < 1.29 is 19.1 Å². The molecule has 3 fully saturated rings. The third kappa shape index (κ3) is 4.15. The van der Waals surface area contributed by atoms with Gasteiger partial charge in [-0.2, -0.15) is 0 Å². The maximum atomic E-state index is 12.5. The van der Waals surface area contributed by atoms with Crippen molar-refractivity contribution in [3.8, 4) is 0 Å². The molecule has 3 saturated heterocycles. The predicted molar refractivity (Wildman–Crippen MR) is 106 cm³/mol. The molecule has 28 heavy (non-hydrogen) atoms. The Labute approximate surface area is 166 Å². The zero-order valence-corrected chi connectivity index (χ0v) is 16.5. The molecule has 3 aliphatic heterocycles. The highest BCUT2D eigenvalue weighted by molar-refractivity contribution is 6.39. The number of piperidine rings is 2. The van der Waals surface area contributed by atoms with E-state index in [1.807, 2.05) is 24.3 Å². The number of amides is 2. The number of likely N-dealkylation sites (tertiary alicyclic amines) is 1. The third-order valence-corrected chi connectivity index (χ3v) is 6.09. The molecule has 1 aromatic carbocycles. The number of hydrogen-bond acceptors (Lipinski definition) is 5. The molecule has 0 bridgehead atoms. The maximum Gasteiger partial charge on any atom is 0.313 e. The van der Waals surface area contributed by atoms with Gasteiger partial charge in [0.2, 0.25) is 0 Å². The molecular weight excluding hydrogens is 358 g/mol. The Morgan fingerprint density at radius 3 is 2.21 bits per heavy atom. The van der Waals surface area contributed by atoms with Crippen LogP contribution in [0.25, 0.3) is 0 Å². The molecule has 0 radical (unpaired) electrons.